The van der Waals surface area contributed by atoms with Gasteiger partial charge in [0.15, 0.2) is 0 Å². The molecule has 4 rings (SSSR count). The van der Waals surface area contributed by atoms with E-state index in [-0.39, 0.29) is 23.4 Å². The summed E-state index contributed by atoms with van der Waals surface area (Å²) in [6, 6.07) is 11.6. The van der Waals surface area contributed by atoms with E-state index in [2.05, 4.69) is 4.90 Å². The Balaban J connectivity index is 1.69. The van der Waals surface area contributed by atoms with Crippen LogP contribution in [0.5, 0.6) is 5.75 Å². The number of ketones is 1. The van der Waals surface area contributed by atoms with Gasteiger partial charge in [-0.05, 0) is 24.6 Å². The predicted molar refractivity (Wildman–Crippen MR) is 120 cm³/mol. The molecule has 174 valence electrons. The number of aliphatic hydroxyl groups is 1. The lowest BCUT2D eigenvalue weighted by molar-refractivity contribution is -0.140. The van der Waals surface area contributed by atoms with Crippen LogP contribution in [0.4, 0.5) is 4.39 Å². The van der Waals surface area contributed by atoms with Gasteiger partial charge in [-0.1, -0.05) is 30.3 Å². The standard InChI is InChI=1S/C25H27FN2O5/c1-32-18-7-4-6-17(16-18)23(29)21-22(19-8-2-3-9-20(19)26)28(25(31)24(21)30)11-5-10-27-12-14-33-15-13-27/h2-4,6-9,16,22,29H,5,10-15H2,1H3/t22-/m1/s1. The van der Waals surface area contributed by atoms with E-state index in [0.717, 1.165) is 19.6 Å². The average molecular weight is 454 g/mol. The molecular formula is C25H27FN2O5. The van der Waals surface area contributed by atoms with Gasteiger partial charge in [0.05, 0.1) is 31.9 Å². The van der Waals surface area contributed by atoms with Crippen molar-refractivity contribution < 1.29 is 28.6 Å². The first-order chi connectivity index (χ1) is 16.0. The number of amides is 1. The second kappa shape index (κ2) is 10.1. The van der Waals surface area contributed by atoms with E-state index in [9.17, 15) is 19.1 Å². The van der Waals surface area contributed by atoms with E-state index in [4.69, 9.17) is 9.47 Å². The molecule has 0 aliphatic carbocycles. The first kappa shape index (κ1) is 22.9. The van der Waals surface area contributed by atoms with Crippen LogP contribution < -0.4 is 4.74 Å². The fraction of sp³-hybridized carbons (Fsp3) is 0.360. The van der Waals surface area contributed by atoms with Crippen molar-refractivity contribution in [3.63, 3.8) is 0 Å². The summed E-state index contributed by atoms with van der Waals surface area (Å²) in [6.45, 7) is 3.94. The van der Waals surface area contributed by atoms with Crippen molar-refractivity contribution in [1.29, 1.82) is 0 Å². The zero-order valence-corrected chi connectivity index (χ0v) is 18.5. The molecule has 33 heavy (non-hydrogen) atoms. The molecule has 1 atom stereocenters. The maximum atomic E-state index is 14.8. The van der Waals surface area contributed by atoms with E-state index < -0.39 is 23.5 Å². The van der Waals surface area contributed by atoms with Gasteiger partial charge in [-0.15, -0.1) is 0 Å². The number of methoxy groups -OCH3 is 1. The van der Waals surface area contributed by atoms with E-state index in [1.54, 1.807) is 42.5 Å². The topological polar surface area (TPSA) is 79.3 Å². The summed E-state index contributed by atoms with van der Waals surface area (Å²) < 4.78 is 25.4. The Labute approximate surface area is 192 Å². The van der Waals surface area contributed by atoms with Gasteiger partial charge < -0.3 is 19.5 Å². The fourth-order valence-corrected chi connectivity index (χ4v) is 4.35. The lowest BCUT2D eigenvalue weighted by Crippen LogP contribution is -2.39. The molecule has 2 saturated heterocycles. The van der Waals surface area contributed by atoms with Gasteiger partial charge in [0.2, 0.25) is 0 Å². The molecule has 0 saturated carbocycles. The van der Waals surface area contributed by atoms with Gasteiger partial charge in [0, 0.05) is 37.3 Å². The SMILES string of the molecule is COc1cccc(C(O)=C2C(=O)C(=O)N(CCCN3CCOCC3)[C@@H]2c2ccccc2F)c1. The summed E-state index contributed by atoms with van der Waals surface area (Å²) in [5.74, 6) is -1.97. The second-order valence-electron chi connectivity index (χ2n) is 8.05. The maximum Gasteiger partial charge on any atom is 0.295 e. The normalized spacial score (nSPS) is 20.9. The highest BCUT2D eigenvalue weighted by Crippen LogP contribution is 2.40. The Morgan fingerprint density at radius 1 is 1.12 bits per heavy atom. The molecule has 1 amide bonds. The molecule has 7 nitrogen and oxygen atoms in total. The van der Waals surface area contributed by atoms with Gasteiger partial charge in [0.25, 0.3) is 11.7 Å². The molecule has 0 unspecified atom stereocenters. The van der Waals surface area contributed by atoms with E-state index in [1.807, 2.05) is 0 Å². The summed E-state index contributed by atoms with van der Waals surface area (Å²) in [5, 5.41) is 11.1. The number of ether oxygens (including phenoxy) is 2. The molecular weight excluding hydrogens is 427 g/mol. The molecule has 2 aromatic carbocycles. The van der Waals surface area contributed by atoms with Gasteiger partial charge in [-0.3, -0.25) is 14.5 Å². The molecule has 0 bridgehead atoms. The molecule has 2 aliphatic rings. The third-order valence-electron chi connectivity index (χ3n) is 6.06. The first-order valence-corrected chi connectivity index (χ1v) is 11.0. The third-order valence-corrected chi connectivity index (χ3v) is 6.06. The number of carbonyl (C=O) groups excluding carboxylic acids is 2. The second-order valence-corrected chi connectivity index (χ2v) is 8.05. The highest BCUT2D eigenvalue weighted by Gasteiger charge is 2.46. The minimum absolute atomic E-state index is 0.121. The lowest BCUT2D eigenvalue weighted by Gasteiger charge is -2.29. The van der Waals surface area contributed by atoms with Crippen LogP contribution in [0.25, 0.3) is 5.76 Å². The van der Waals surface area contributed by atoms with Crippen molar-refractivity contribution in [3.8, 4) is 5.75 Å². The number of morpholine rings is 1. The molecule has 1 N–H and O–H groups in total. The van der Waals surface area contributed by atoms with Crippen LogP contribution in [0.15, 0.2) is 54.1 Å². The fourth-order valence-electron chi connectivity index (χ4n) is 4.35. The van der Waals surface area contributed by atoms with Crippen molar-refractivity contribution in [2.75, 3.05) is 46.5 Å². The number of likely N-dealkylation sites (tertiary alicyclic amines) is 1. The van der Waals surface area contributed by atoms with Crippen molar-refractivity contribution in [3.05, 3.63) is 71.0 Å². The van der Waals surface area contributed by atoms with Gasteiger partial charge in [0.1, 0.15) is 17.3 Å². The average Bonchev–Trinajstić information content (AvgIpc) is 3.09. The zero-order valence-electron chi connectivity index (χ0n) is 18.5. The molecule has 8 heteroatoms. The Morgan fingerprint density at radius 2 is 1.88 bits per heavy atom. The molecule has 0 spiro atoms. The maximum absolute atomic E-state index is 14.8. The highest BCUT2D eigenvalue weighted by atomic mass is 19.1. The number of carbonyl (C=O) groups is 2. The molecule has 0 aromatic heterocycles. The third kappa shape index (κ3) is 4.77. The Kier molecular flexibility index (Phi) is 7.05. The molecule has 2 aromatic rings. The van der Waals surface area contributed by atoms with E-state index in [0.29, 0.717) is 30.9 Å². The number of Topliss-reactive ketones (excluding diaryl/α,β-unsaturated/α-hetero) is 1. The number of rotatable bonds is 7. The van der Waals surface area contributed by atoms with Crippen LogP contribution in [0.1, 0.15) is 23.6 Å². The first-order valence-electron chi connectivity index (χ1n) is 11.0. The monoisotopic (exact) mass is 454 g/mol. The van der Waals surface area contributed by atoms with Crippen LogP contribution in [-0.4, -0.2) is 73.1 Å². The summed E-state index contributed by atoms with van der Waals surface area (Å²) in [5.41, 5.74) is 0.374. The van der Waals surface area contributed by atoms with Crippen LogP contribution in [-0.2, 0) is 14.3 Å². The number of benzene rings is 2. The summed E-state index contributed by atoms with van der Waals surface area (Å²) >= 11 is 0. The van der Waals surface area contributed by atoms with Crippen LogP contribution in [0, 0.1) is 5.82 Å². The van der Waals surface area contributed by atoms with Crippen LogP contribution in [0.2, 0.25) is 0 Å². The number of halogens is 1. The summed E-state index contributed by atoms with van der Waals surface area (Å²) in [7, 11) is 1.49. The summed E-state index contributed by atoms with van der Waals surface area (Å²) in [6.07, 6.45) is 0.608. The van der Waals surface area contributed by atoms with Crippen molar-refractivity contribution in [1.82, 2.24) is 9.80 Å². The van der Waals surface area contributed by atoms with Crippen LogP contribution in [0.3, 0.4) is 0 Å². The van der Waals surface area contributed by atoms with E-state index in [1.165, 1.54) is 18.1 Å². The zero-order chi connectivity index (χ0) is 23.4. The Bertz CT molecular complexity index is 1060. The summed E-state index contributed by atoms with van der Waals surface area (Å²) in [4.78, 5) is 29.7. The predicted octanol–water partition coefficient (Wildman–Crippen LogP) is 2.98. The minimum Gasteiger partial charge on any atom is -0.507 e. The lowest BCUT2D eigenvalue weighted by atomic mass is 9.95. The van der Waals surface area contributed by atoms with Crippen molar-refractivity contribution in [2.45, 2.75) is 12.5 Å². The Morgan fingerprint density at radius 3 is 2.61 bits per heavy atom. The minimum atomic E-state index is -1.01. The number of nitrogens with zero attached hydrogens (tertiary/aromatic N) is 2. The number of hydrogen-bond donors (Lipinski definition) is 1. The molecule has 2 heterocycles. The molecule has 2 aliphatic heterocycles. The molecule has 2 fully saturated rings. The van der Waals surface area contributed by atoms with Gasteiger partial charge in [-0.25, -0.2) is 4.39 Å². The van der Waals surface area contributed by atoms with Crippen molar-refractivity contribution >= 4 is 17.4 Å². The van der Waals surface area contributed by atoms with E-state index >= 15 is 0 Å². The van der Waals surface area contributed by atoms with Crippen LogP contribution >= 0.6 is 0 Å². The van der Waals surface area contributed by atoms with Crippen molar-refractivity contribution in [2.24, 2.45) is 0 Å². The smallest absolute Gasteiger partial charge is 0.295 e. The van der Waals surface area contributed by atoms with Gasteiger partial charge >= 0.3 is 0 Å². The Hall–Kier alpha value is -3.23. The highest BCUT2D eigenvalue weighted by molar-refractivity contribution is 6.46. The quantitative estimate of drug-likeness (QED) is 0.394. The molecule has 0 radical (unpaired) electrons. The largest absolute Gasteiger partial charge is 0.507 e. The number of aliphatic hydroxyl groups excluding tert-OH is 1. The number of hydrogen-bond acceptors (Lipinski definition) is 6. The van der Waals surface area contributed by atoms with Gasteiger partial charge in [-0.2, -0.15) is 0 Å².